The molecule has 18 heavy (non-hydrogen) atoms. The quantitative estimate of drug-likeness (QED) is 0.511. The molecule has 0 heterocycles. The van der Waals surface area contributed by atoms with Crippen molar-refractivity contribution in [1.82, 2.24) is 5.32 Å². The van der Waals surface area contributed by atoms with Crippen LogP contribution in [0.4, 0.5) is 0 Å². The van der Waals surface area contributed by atoms with Gasteiger partial charge in [0.25, 0.3) is 0 Å². The van der Waals surface area contributed by atoms with Gasteiger partial charge in [0.05, 0.1) is 0 Å². The maximum atomic E-state index is 3.97. The molecule has 1 aliphatic rings. The van der Waals surface area contributed by atoms with Crippen LogP contribution in [0, 0.1) is 0 Å². The highest BCUT2D eigenvalue weighted by molar-refractivity contribution is 4.77. The monoisotopic (exact) mass is 253 g/mol. The molecule has 0 bridgehead atoms. The number of rotatable bonds is 10. The maximum absolute atomic E-state index is 3.97. The Hall–Kier alpha value is -0.0400. The van der Waals surface area contributed by atoms with Crippen molar-refractivity contribution in [3.63, 3.8) is 0 Å². The Morgan fingerprint density at radius 3 is 1.89 bits per heavy atom. The summed E-state index contributed by atoms with van der Waals surface area (Å²) in [6, 6.07) is 1.65. The maximum Gasteiger partial charge on any atom is 0.00696 e. The van der Waals surface area contributed by atoms with Crippen molar-refractivity contribution in [2.75, 3.05) is 0 Å². The molecule has 0 aliphatic heterocycles. The first kappa shape index (κ1) is 16.0. The van der Waals surface area contributed by atoms with Gasteiger partial charge in [0.15, 0.2) is 0 Å². The fourth-order valence-electron chi connectivity index (χ4n) is 3.20. The van der Waals surface area contributed by atoms with Crippen molar-refractivity contribution in [3.8, 4) is 0 Å². The van der Waals surface area contributed by atoms with E-state index in [1.165, 1.54) is 83.5 Å². The molecular weight excluding hydrogens is 218 g/mol. The van der Waals surface area contributed by atoms with Crippen molar-refractivity contribution < 1.29 is 0 Å². The van der Waals surface area contributed by atoms with E-state index in [9.17, 15) is 0 Å². The highest BCUT2D eigenvalue weighted by Gasteiger charge is 2.17. The van der Waals surface area contributed by atoms with Gasteiger partial charge in [0.1, 0.15) is 0 Å². The fraction of sp³-hybridized carbons (Fsp3) is 1.00. The molecule has 0 aromatic rings. The predicted molar refractivity (Wildman–Crippen MR) is 82.1 cm³/mol. The van der Waals surface area contributed by atoms with E-state index in [0.717, 1.165) is 12.1 Å². The summed E-state index contributed by atoms with van der Waals surface area (Å²) in [6.45, 7) is 4.61. The first-order valence-electron chi connectivity index (χ1n) is 8.62. The minimum atomic E-state index is 0.811. The van der Waals surface area contributed by atoms with E-state index in [0.29, 0.717) is 0 Å². The molecule has 0 amide bonds. The van der Waals surface area contributed by atoms with Crippen molar-refractivity contribution in [2.24, 2.45) is 0 Å². The average Bonchev–Trinajstić information content (AvgIpc) is 2.40. The van der Waals surface area contributed by atoms with E-state index in [4.69, 9.17) is 0 Å². The zero-order chi connectivity index (χ0) is 13.1. The van der Waals surface area contributed by atoms with Crippen LogP contribution in [0.3, 0.4) is 0 Å². The van der Waals surface area contributed by atoms with Gasteiger partial charge in [-0.15, -0.1) is 0 Å². The van der Waals surface area contributed by atoms with Gasteiger partial charge in [0.2, 0.25) is 0 Å². The third-order valence-electron chi connectivity index (χ3n) is 4.39. The summed E-state index contributed by atoms with van der Waals surface area (Å²) in [5.41, 5.74) is 0. The molecule has 0 saturated heterocycles. The fourth-order valence-corrected chi connectivity index (χ4v) is 3.20. The molecule has 1 nitrogen and oxygen atoms in total. The first-order valence-corrected chi connectivity index (χ1v) is 8.62. The van der Waals surface area contributed by atoms with Crippen molar-refractivity contribution in [1.29, 1.82) is 0 Å². The number of nitrogens with one attached hydrogen (secondary N) is 1. The van der Waals surface area contributed by atoms with Crippen LogP contribution in [0.5, 0.6) is 0 Å². The summed E-state index contributed by atoms with van der Waals surface area (Å²) in [5, 5.41) is 3.97. The SMILES string of the molecule is CCCCCC(CCCCC)NC1CCCCC1. The van der Waals surface area contributed by atoms with Crippen LogP contribution in [0.15, 0.2) is 0 Å². The van der Waals surface area contributed by atoms with Crippen molar-refractivity contribution >= 4 is 0 Å². The lowest BCUT2D eigenvalue weighted by molar-refractivity contribution is 0.309. The van der Waals surface area contributed by atoms with Crippen molar-refractivity contribution in [3.05, 3.63) is 0 Å². The van der Waals surface area contributed by atoms with Crippen LogP contribution < -0.4 is 5.32 Å². The Balaban J connectivity index is 2.22. The van der Waals surface area contributed by atoms with Gasteiger partial charge >= 0.3 is 0 Å². The van der Waals surface area contributed by atoms with Crippen LogP contribution >= 0.6 is 0 Å². The van der Waals surface area contributed by atoms with Crippen molar-refractivity contribution in [2.45, 2.75) is 109 Å². The second-order valence-electron chi connectivity index (χ2n) is 6.19. The smallest absolute Gasteiger partial charge is 0.00696 e. The number of hydrogen-bond acceptors (Lipinski definition) is 1. The Morgan fingerprint density at radius 2 is 1.39 bits per heavy atom. The standard InChI is InChI=1S/C17H35N/c1-3-5-8-12-16(13-9-6-4-2)18-17-14-10-7-11-15-17/h16-18H,3-15H2,1-2H3. The van der Waals surface area contributed by atoms with Crippen LogP contribution in [0.25, 0.3) is 0 Å². The largest absolute Gasteiger partial charge is 0.311 e. The second-order valence-corrected chi connectivity index (χ2v) is 6.19. The lowest BCUT2D eigenvalue weighted by atomic mass is 9.93. The topological polar surface area (TPSA) is 12.0 Å². The zero-order valence-corrected chi connectivity index (χ0v) is 12.8. The van der Waals surface area contributed by atoms with Gasteiger partial charge in [-0.05, 0) is 25.7 Å². The molecule has 0 aromatic carbocycles. The lowest BCUT2D eigenvalue weighted by Gasteiger charge is -2.28. The van der Waals surface area contributed by atoms with Gasteiger partial charge in [0, 0.05) is 12.1 Å². The molecule has 1 rings (SSSR count). The summed E-state index contributed by atoms with van der Waals surface area (Å²) >= 11 is 0. The summed E-state index contributed by atoms with van der Waals surface area (Å²) in [5.74, 6) is 0. The van der Waals surface area contributed by atoms with Gasteiger partial charge in [-0.3, -0.25) is 0 Å². The highest BCUT2D eigenvalue weighted by atomic mass is 14.9. The molecule has 0 radical (unpaired) electrons. The van der Waals surface area contributed by atoms with Gasteiger partial charge in [-0.1, -0.05) is 71.6 Å². The van der Waals surface area contributed by atoms with E-state index in [2.05, 4.69) is 19.2 Å². The van der Waals surface area contributed by atoms with Crippen LogP contribution in [-0.4, -0.2) is 12.1 Å². The van der Waals surface area contributed by atoms with E-state index < -0.39 is 0 Å². The summed E-state index contributed by atoms with van der Waals surface area (Å²) < 4.78 is 0. The third-order valence-corrected chi connectivity index (χ3v) is 4.39. The molecule has 0 unspecified atom stereocenters. The molecule has 0 atom stereocenters. The third kappa shape index (κ3) is 7.41. The van der Waals surface area contributed by atoms with Gasteiger partial charge in [-0.25, -0.2) is 0 Å². The minimum Gasteiger partial charge on any atom is -0.311 e. The molecule has 1 fully saturated rings. The number of unbranched alkanes of at least 4 members (excludes halogenated alkanes) is 4. The van der Waals surface area contributed by atoms with Crippen LogP contribution in [0.1, 0.15) is 97.3 Å². The van der Waals surface area contributed by atoms with Gasteiger partial charge < -0.3 is 5.32 Å². The van der Waals surface area contributed by atoms with Gasteiger partial charge in [-0.2, -0.15) is 0 Å². The molecule has 1 saturated carbocycles. The first-order chi connectivity index (χ1) is 8.86. The summed E-state index contributed by atoms with van der Waals surface area (Å²) in [4.78, 5) is 0. The molecule has 1 N–H and O–H groups in total. The van der Waals surface area contributed by atoms with E-state index in [1.807, 2.05) is 0 Å². The molecule has 0 spiro atoms. The van der Waals surface area contributed by atoms with E-state index in [1.54, 1.807) is 0 Å². The highest BCUT2D eigenvalue weighted by Crippen LogP contribution is 2.20. The average molecular weight is 253 g/mol. The Labute approximate surface area is 115 Å². The van der Waals surface area contributed by atoms with Crippen LogP contribution in [-0.2, 0) is 0 Å². The van der Waals surface area contributed by atoms with Crippen LogP contribution in [0.2, 0.25) is 0 Å². The molecule has 108 valence electrons. The predicted octanol–water partition coefficient (Wildman–Crippen LogP) is 5.44. The second kappa shape index (κ2) is 10.8. The molecular formula is C17H35N. The summed E-state index contributed by atoms with van der Waals surface area (Å²) in [6.07, 6.45) is 18.4. The minimum absolute atomic E-state index is 0.811. The Kier molecular flexibility index (Phi) is 9.65. The molecule has 1 heteroatoms. The summed E-state index contributed by atoms with van der Waals surface area (Å²) in [7, 11) is 0. The van der Waals surface area contributed by atoms with E-state index in [-0.39, 0.29) is 0 Å². The molecule has 1 aliphatic carbocycles. The molecule has 0 aromatic heterocycles. The number of hydrogen-bond donors (Lipinski definition) is 1. The van der Waals surface area contributed by atoms with E-state index >= 15 is 0 Å². The Morgan fingerprint density at radius 1 is 0.833 bits per heavy atom. The zero-order valence-electron chi connectivity index (χ0n) is 12.8. The lowest BCUT2D eigenvalue weighted by Crippen LogP contribution is -2.39. The normalized spacial score (nSPS) is 17.5. The Bertz CT molecular complexity index is 162.